The number of carboxylic acid groups (broad SMARTS) is 1. The maximum Gasteiger partial charge on any atom is 0.326 e. The summed E-state index contributed by atoms with van der Waals surface area (Å²) in [7, 11) is -3.13. The van der Waals surface area contributed by atoms with E-state index in [2.05, 4.69) is 5.32 Å². The first-order valence-electron chi connectivity index (χ1n) is 6.53. The van der Waals surface area contributed by atoms with Crippen molar-refractivity contribution in [2.24, 2.45) is 0 Å². The summed E-state index contributed by atoms with van der Waals surface area (Å²) in [6, 6.07) is 5.15. The second kappa shape index (κ2) is 7.21. The van der Waals surface area contributed by atoms with Gasteiger partial charge in [0.1, 0.15) is 6.04 Å². The van der Waals surface area contributed by atoms with E-state index >= 15 is 0 Å². The molecule has 0 aliphatic carbocycles. The number of rotatable bonds is 7. The molecule has 1 atom stereocenters. The molecule has 0 spiro atoms. The highest BCUT2D eigenvalue weighted by atomic mass is 32.2. The first-order valence-corrected chi connectivity index (χ1v) is 8.59. The number of aliphatic carboxylic acids is 1. The highest BCUT2D eigenvalue weighted by Gasteiger charge is 2.19. The largest absolute Gasteiger partial charge is 0.480 e. The van der Waals surface area contributed by atoms with E-state index in [1.165, 1.54) is 12.1 Å². The van der Waals surface area contributed by atoms with Crippen molar-refractivity contribution in [1.82, 2.24) is 5.32 Å². The predicted octanol–water partition coefficient (Wildman–Crippen LogP) is 1.21. The van der Waals surface area contributed by atoms with Crippen LogP contribution in [0.1, 0.15) is 35.7 Å². The van der Waals surface area contributed by atoms with Crippen LogP contribution >= 0.6 is 0 Å². The molecule has 1 rings (SSSR count). The smallest absolute Gasteiger partial charge is 0.326 e. The standard InChI is InChI=1S/C14H19NO5S/c1-3-4-12(14(17)18)15-13(16)11-7-5-10(6-8-11)9-21(2,19)20/h5-8,12H,3-4,9H2,1-2H3,(H,15,16)(H,17,18)/t12-/m1/s1. The van der Waals surface area contributed by atoms with E-state index in [1.54, 1.807) is 12.1 Å². The average molecular weight is 313 g/mol. The van der Waals surface area contributed by atoms with Crippen molar-refractivity contribution in [3.05, 3.63) is 35.4 Å². The van der Waals surface area contributed by atoms with E-state index in [0.717, 1.165) is 6.26 Å². The Bertz CT molecular complexity index is 607. The molecule has 7 heteroatoms. The molecule has 0 saturated carbocycles. The molecule has 116 valence electrons. The van der Waals surface area contributed by atoms with Gasteiger partial charge >= 0.3 is 5.97 Å². The van der Waals surface area contributed by atoms with Gasteiger partial charge in [-0.05, 0) is 24.1 Å². The molecule has 0 bridgehead atoms. The minimum atomic E-state index is -3.13. The minimum absolute atomic E-state index is 0.0948. The molecule has 0 unspecified atom stereocenters. The van der Waals surface area contributed by atoms with Crippen molar-refractivity contribution >= 4 is 21.7 Å². The van der Waals surface area contributed by atoms with Crippen LogP contribution in [-0.2, 0) is 20.4 Å². The van der Waals surface area contributed by atoms with Crippen LogP contribution in [0.5, 0.6) is 0 Å². The number of hydrogen-bond donors (Lipinski definition) is 2. The van der Waals surface area contributed by atoms with Gasteiger partial charge in [0.15, 0.2) is 9.84 Å². The highest BCUT2D eigenvalue weighted by molar-refractivity contribution is 7.89. The molecule has 0 saturated heterocycles. The van der Waals surface area contributed by atoms with Crippen molar-refractivity contribution in [2.45, 2.75) is 31.6 Å². The Labute approximate surface area is 124 Å². The number of benzene rings is 1. The number of carbonyl (C=O) groups excluding carboxylic acids is 1. The topological polar surface area (TPSA) is 101 Å². The molecule has 1 amide bonds. The maximum atomic E-state index is 11.9. The fourth-order valence-electron chi connectivity index (χ4n) is 1.84. The fraction of sp³-hybridized carbons (Fsp3) is 0.429. The number of amides is 1. The van der Waals surface area contributed by atoms with Crippen LogP contribution in [0.3, 0.4) is 0 Å². The van der Waals surface area contributed by atoms with Gasteiger partial charge in [0, 0.05) is 11.8 Å². The van der Waals surface area contributed by atoms with E-state index in [-0.39, 0.29) is 5.75 Å². The third-order valence-electron chi connectivity index (χ3n) is 2.83. The van der Waals surface area contributed by atoms with E-state index in [0.29, 0.717) is 24.0 Å². The Balaban J connectivity index is 2.77. The van der Waals surface area contributed by atoms with Crippen LogP contribution < -0.4 is 5.32 Å². The first-order chi connectivity index (χ1) is 9.73. The number of hydrogen-bond acceptors (Lipinski definition) is 4. The fourth-order valence-corrected chi connectivity index (χ4v) is 2.64. The Kier molecular flexibility index (Phi) is 5.90. The summed E-state index contributed by atoms with van der Waals surface area (Å²) in [5.41, 5.74) is 0.881. The number of carbonyl (C=O) groups is 2. The van der Waals surface area contributed by atoms with Gasteiger partial charge < -0.3 is 10.4 Å². The minimum Gasteiger partial charge on any atom is -0.480 e. The van der Waals surface area contributed by atoms with Gasteiger partial charge in [-0.15, -0.1) is 0 Å². The van der Waals surface area contributed by atoms with E-state index < -0.39 is 27.8 Å². The molecular weight excluding hydrogens is 294 g/mol. The zero-order valence-electron chi connectivity index (χ0n) is 12.0. The van der Waals surface area contributed by atoms with Crippen LogP contribution in [0, 0.1) is 0 Å². The normalized spacial score (nSPS) is 12.7. The lowest BCUT2D eigenvalue weighted by atomic mass is 10.1. The summed E-state index contributed by atoms with van der Waals surface area (Å²) < 4.78 is 22.3. The number of nitrogens with one attached hydrogen (secondary N) is 1. The number of sulfone groups is 1. The van der Waals surface area contributed by atoms with Crippen molar-refractivity contribution in [2.75, 3.05) is 6.26 Å². The summed E-state index contributed by atoms with van der Waals surface area (Å²) in [6.45, 7) is 1.84. The quantitative estimate of drug-likeness (QED) is 0.788. The van der Waals surface area contributed by atoms with Gasteiger partial charge in [-0.25, -0.2) is 13.2 Å². The molecule has 1 aromatic carbocycles. The van der Waals surface area contributed by atoms with Crippen LogP contribution in [0.25, 0.3) is 0 Å². The lowest BCUT2D eigenvalue weighted by molar-refractivity contribution is -0.139. The predicted molar refractivity (Wildman–Crippen MR) is 78.8 cm³/mol. The molecule has 0 fully saturated rings. The molecule has 2 N–H and O–H groups in total. The Morgan fingerprint density at radius 2 is 1.81 bits per heavy atom. The van der Waals surface area contributed by atoms with Gasteiger partial charge in [-0.3, -0.25) is 4.79 Å². The third-order valence-corrected chi connectivity index (χ3v) is 3.68. The van der Waals surface area contributed by atoms with Crippen LogP contribution in [-0.4, -0.2) is 37.7 Å². The van der Waals surface area contributed by atoms with E-state index in [1.807, 2.05) is 6.92 Å². The summed E-state index contributed by atoms with van der Waals surface area (Å²) in [6.07, 6.45) is 2.13. The van der Waals surface area contributed by atoms with Gasteiger partial charge in [0.25, 0.3) is 5.91 Å². The van der Waals surface area contributed by atoms with Crippen molar-refractivity contribution in [3.63, 3.8) is 0 Å². The first kappa shape index (κ1) is 17.2. The van der Waals surface area contributed by atoms with Crippen LogP contribution in [0.4, 0.5) is 0 Å². The van der Waals surface area contributed by atoms with Gasteiger partial charge in [0.2, 0.25) is 0 Å². The molecule has 0 aromatic heterocycles. The van der Waals surface area contributed by atoms with Crippen LogP contribution in [0.2, 0.25) is 0 Å². The lowest BCUT2D eigenvalue weighted by Gasteiger charge is -2.13. The summed E-state index contributed by atoms with van der Waals surface area (Å²) in [5, 5.41) is 11.4. The lowest BCUT2D eigenvalue weighted by Crippen LogP contribution is -2.40. The molecule has 21 heavy (non-hydrogen) atoms. The SMILES string of the molecule is CCC[C@@H](NC(=O)c1ccc(CS(C)(=O)=O)cc1)C(=O)O. The van der Waals surface area contributed by atoms with E-state index in [9.17, 15) is 18.0 Å². The average Bonchev–Trinajstić information content (AvgIpc) is 2.36. The Hall–Kier alpha value is -1.89. The van der Waals surface area contributed by atoms with E-state index in [4.69, 9.17) is 5.11 Å². The summed E-state index contributed by atoms with van der Waals surface area (Å²) >= 11 is 0. The zero-order valence-corrected chi connectivity index (χ0v) is 12.8. The molecule has 0 heterocycles. The molecular formula is C14H19NO5S. The molecule has 1 aromatic rings. The van der Waals surface area contributed by atoms with Crippen molar-refractivity contribution < 1.29 is 23.1 Å². The highest BCUT2D eigenvalue weighted by Crippen LogP contribution is 2.09. The number of carboxylic acids is 1. The molecule has 0 radical (unpaired) electrons. The van der Waals surface area contributed by atoms with Gasteiger partial charge in [-0.2, -0.15) is 0 Å². The van der Waals surface area contributed by atoms with Crippen LogP contribution in [0.15, 0.2) is 24.3 Å². The molecule has 0 aliphatic heterocycles. The van der Waals surface area contributed by atoms with Gasteiger partial charge in [-0.1, -0.05) is 25.5 Å². The van der Waals surface area contributed by atoms with Gasteiger partial charge in [0.05, 0.1) is 5.75 Å². The third kappa shape index (κ3) is 5.95. The monoisotopic (exact) mass is 313 g/mol. The van der Waals surface area contributed by atoms with Crippen molar-refractivity contribution in [3.8, 4) is 0 Å². The summed E-state index contributed by atoms with van der Waals surface area (Å²) in [5.74, 6) is -1.65. The Morgan fingerprint density at radius 1 is 1.24 bits per heavy atom. The zero-order chi connectivity index (χ0) is 16.0. The maximum absolute atomic E-state index is 11.9. The summed E-state index contributed by atoms with van der Waals surface area (Å²) in [4.78, 5) is 22.9. The molecule has 0 aliphatic rings. The second-order valence-corrected chi connectivity index (χ2v) is 7.06. The Morgan fingerprint density at radius 3 is 2.24 bits per heavy atom. The molecule has 6 nitrogen and oxygen atoms in total. The second-order valence-electron chi connectivity index (χ2n) is 4.92. The van der Waals surface area contributed by atoms with Crippen molar-refractivity contribution in [1.29, 1.82) is 0 Å².